The van der Waals surface area contributed by atoms with Gasteiger partial charge in [0.25, 0.3) is 5.91 Å². The summed E-state index contributed by atoms with van der Waals surface area (Å²) in [5.74, 6) is -1.01. The lowest BCUT2D eigenvalue weighted by Gasteiger charge is -2.02. The van der Waals surface area contributed by atoms with Gasteiger partial charge in [0.15, 0.2) is 0 Å². The highest BCUT2D eigenvalue weighted by atomic mass is 35.5. The number of hydrogen-bond donors (Lipinski definition) is 2. The fourth-order valence-electron chi connectivity index (χ4n) is 1.14. The first-order chi connectivity index (χ1) is 7.61. The molecule has 0 aliphatic carbocycles. The Hall–Kier alpha value is -1.07. The quantitative estimate of drug-likeness (QED) is 0.773. The Morgan fingerprint density at radius 3 is 2.75 bits per heavy atom. The molecule has 0 saturated heterocycles. The Balaban J connectivity index is 2.21. The summed E-state index contributed by atoms with van der Waals surface area (Å²) in [6.07, 6.45) is 1.35. The summed E-state index contributed by atoms with van der Waals surface area (Å²) in [5.41, 5.74) is 0. The molecule has 6 heteroatoms. The van der Waals surface area contributed by atoms with Crippen LogP contribution in [-0.4, -0.2) is 23.5 Å². The van der Waals surface area contributed by atoms with E-state index in [-0.39, 0.29) is 12.3 Å². The summed E-state index contributed by atoms with van der Waals surface area (Å²) in [6.45, 7) is 0.473. The van der Waals surface area contributed by atoms with Gasteiger partial charge >= 0.3 is 5.97 Å². The molecule has 0 unspecified atom stereocenters. The molecule has 0 radical (unpaired) electrons. The van der Waals surface area contributed by atoms with Gasteiger partial charge < -0.3 is 10.4 Å². The molecule has 0 spiro atoms. The SMILES string of the molecule is O=C(O)CCCCNC(=O)c1sccc1Cl. The number of aliphatic carboxylic acids is 1. The predicted molar refractivity (Wildman–Crippen MR) is 63.1 cm³/mol. The van der Waals surface area contributed by atoms with Crippen LogP contribution < -0.4 is 5.32 Å². The molecular formula is C10H12ClNO3S. The van der Waals surface area contributed by atoms with Crippen molar-refractivity contribution in [1.82, 2.24) is 5.32 Å². The summed E-state index contributed by atoms with van der Waals surface area (Å²) in [5, 5.41) is 13.3. The molecule has 1 aromatic rings. The zero-order valence-corrected chi connectivity index (χ0v) is 10.1. The number of unbranched alkanes of at least 4 members (excludes halogenated alkanes) is 1. The van der Waals surface area contributed by atoms with Gasteiger partial charge in [0.1, 0.15) is 4.88 Å². The molecule has 1 aromatic heterocycles. The van der Waals surface area contributed by atoms with Crippen LogP contribution in [0.4, 0.5) is 0 Å². The number of hydrogen-bond acceptors (Lipinski definition) is 3. The highest BCUT2D eigenvalue weighted by Gasteiger charge is 2.10. The molecule has 1 heterocycles. The molecule has 0 saturated carbocycles. The van der Waals surface area contributed by atoms with E-state index in [1.54, 1.807) is 11.4 Å². The number of carbonyl (C=O) groups is 2. The molecule has 0 aromatic carbocycles. The van der Waals surface area contributed by atoms with Crippen molar-refractivity contribution in [3.05, 3.63) is 21.3 Å². The molecule has 1 amide bonds. The van der Waals surface area contributed by atoms with Gasteiger partial charge in [0, 0.05) is 13.0 Å². The lowest BCUT2D eigenvalue weighted by Crippen LogP contribution is -2.23. The second kappa shape index (κ2) is 6.50. The minimum Gasteiger partial charge on any atom is -0.481 e. The first-order valence-corrected chi connectivity index (χ1v) is 6.10. The maximum Gasteiger partial charge on any atom is 0.303 e. The minimum atomic E-state index is -0.812. The maximum absolute atomic E-state index is 11.5. The number of thiophene rings is 1. The summed E-state index contributed by atoms with van der Waals surface area (Å²) in [4.78, 5) is 22.2. The van der Waals surface area contributed by atoms with Crippen molar-refractivity contribution in [3.63, 3.8) is 0 Å². The summed E-state index contributed by atoms with van der Waals surface area (Å²) >= 11 is 7.08. The lowest BCUT2D eigenvalue weighted by atomic mass is 10.2. The third kappa shape index (κ3) is 4.20. The molecule has 0 aliphatic heterocycles. The number of carbonyl (C=O) groups excluding carboxylic acids is 1. The van der Waals surface area contributed by atoms with Crippen LogP contribution in [0.15, 0.2) is 11.4 Å². The van der Waals surface area contributed by atoms with Crippen LogP contribution in [-0.2, 0) is 4.79 Å². The number of amides is 1. The summed E-state index contributed by atoms with van der Waals surface area (Å²) in [6, 6.07) is 1.67. The van der Waals surface area contributed by atoms with Crippen molar-refractivity contribution < 1.29 is 14.7 Å². The Morgan fingerprint density at radius 1 is 1.44 bits per heavy atom. The second-order valence-corrected chi connectivity index (χ2v) is 4.53. The van der Waals surface area contributed by atoms with E-state index in [0.29, 0.717) is 29.3 Å². The standard InChI is InChI=1S/C10H12ClNO3S/c11-7-4-6-16-9(7)10(15)12-5-2-1-3-8(13)14/h4,6H,1-3,5H2,(H,12,15)(H,13,14). The van der Waals surface area contributed by atoms with Crippen LogP contribution in [0.25, 0.3) is 0 Å². The van der Waals surface area contributed by atoms with E-state index in [4.69, 9.17) is 16.7 Å². The van der Waals surface area contributed by atoms with E-state index in [1.807, 2.05) is 0 Å². The number of carboxylic acids is 1. The van der Waals surface area contributed by atoms with E-state index < -0.39 is 5.97 Å². The Labute approximate surface area is 102 Å². The van der Waals surface area contributed by atoms with Crippen molar-refractivity contribution in [1.29, 1.82) is 0 Å². The summed E-state index contributed by atoms with van der Waals surface area (Å²) < 4.78 is 0. The van der Waals surface area contributed by atoms with Crippen molar-refractivity contribution in [3.8, 4) is 0 Å². The van der Waals surface area contributed by atoms with E-state index in [1.165, 1.54) is 11.3 Å². The highest BCUT2D eigenvalue weighted by molar-refractivity contribution is 7.12. The third-order valence-corrected chi connectivity index (χ3v) is 3.27. The third-order valence-electron chi connectivity index (χ3n) is 1.93. The molecule has 0 bridgehead atoms. The van der Waals surface area contributed by atoms with Crippen LogP contribution in [0.3, 0.4) is 0 Å². The van der Waals surface area contributed by atoms with Crippen LogP contribution in [0, 0.1) is 0 Å². The molecule has 2 N–H and O–H groups in total. The van der Waals surface area contributed by atoms with Crippen LogP contribution in [0.5, 0.6) is 0 Å². The van der Waals surface area contributed by atoms with Gasteiger partial charge in [-0.25, -0.2) is 0 Å². The lowest BCUT2D eigenvalue weighted by molar-refractivity contribution is -0.137. The van der Waals surface area contributed by atoms with Crippen LogP contribution in [0.2, 0.25) is 5.02 Å². The van der Waals surface area contributed by atoms with Gasteiger partial charge in [-0.3, -0.25) is 9.59 Å². The van der Waals surface area contributed by atoms with Crippen LogP contribution >= 0.6 is 22.9 Å². The molecular weight excluding hydrogens is 250 g/mol. The van der Waals surface area contributed by atoms with Crippen molar-refractivity contribution >= 4 is 34.8 Å². The fourth-order valence-corrected chi connectivity index (χ4v) is 2.20. The zero-order valence-electron chi connectivity index (χ0n) is 8.53. The molecule has 0 fully saturated rings. The molecule has 4 nitrogen and oxygen atoms in total. The monoisotopic (exact) mass is 261 g/mol. The number of halogens is 1. The average Bonchev–Trinajstić information content (AvgIpc) is 2.63. The van der Waals surface area contributed by atoms with Gasteiger partial charge in [-0.15, -0.1) is 11.3 Å². The van der Waals surface area contributed by atoms with Gasteiger partial charge in [0.05, 0.1) is 5.02 Å². The van der Waals surface area contributed by atoms with E-state index >= 15 is 0 Å². The Kier molecular flexibility index (Phi) is 5.28. The van der Waals surface area contributed by atoms with Gasteiger partial charge in [-0.1, -0.05) is 11.6 Å². The largest absolute Gasteiger partial charge is 0.481 e. The Bertz CT molecular complexity index is 378. The van der Waals surface area contributed by atoms with Crippen molar-refractivity contribution in [2.45, 2.75) is 19.3 Å². The predicted octanol–water partition coefficient (Wildman–Crippen LogP) is 2.39. The number of rotatable bonds is 6. The highest BCUT2D eigenvalue weighted by Crippen LogP contribution is 2.21. The van der Waals surface area contributed by atoms with E-state index in [9.17, 15) is 9.59 Å². The molecule has 88 valence electrons. The smallest absolute Gasteiger partial charge is 0.303 e. The fraction of sp³-hybridized carbons (Fsp3) is 0.400. The maximum atomic E-state index is 11.5. The van der Waals surface area contributed by atoms with Crippen molar-refractivity contribution in [2.75, 3.05) is 6.54 Å². The zero-order chi connectivity index (χ0) is 12.0. The first-order valence-electron chi connectivity index (χ1n) is 4.84. The van der Waals surface area contributed by atoms with Crippen LogP contribution in [0.1, 0.15) is 28.9 Å². The summed E-state index contributed by atoms with van der Waals surface area (Å²) in [7, 11) is 0. The average molecular weight is 262 g/mol. The topological polar surface area (TPSA) is 66.4 Å². The minimum absolute atomic E-state index is 0.135. The number of carboxylic acid groups (broad SMARTS) is 1. The first kappa shape index (κ1) is 13.0. The normalized spacial score (nSPS) is 10.1. The second-order valence-electron chi connectivity index (χ2n) is 3.20. The number of nitrogens with one attached hydrogen (secondary N) is 1. The molecule has 0 atom stereocenters. The van der Waals surface area contributed by atoms with E-state index in [0.717, 1.165) is 0 Å². The van der Waals surface area contributed by atoms with E-state index in [2.05, 4.69) is 5.32 Å². The molecule has 0 aliphatic rings. The molecule has 16 heavy (non-hydrogen) atoms. The molecule has 1 rings (SSSR count). The van der Waals surface area contributed by atoms with Gasteiger partial charge in [-0.05, 0) is 24.3 Å². The van der Waals surface area contributed by atoms with Gasteiger partial charge in [-0.2, -0.15) is 0 Å². The Morgan fingerprint density at radius 2 is 2.19 bits per heavy atom. The van der Waals surface area contributed by atoms with Crippen molar-refractivity contribution in [2.24, 2.45) is 0 Å². The van der Waals surface area contributed by atoms with Gasteiger partial charge in [0.2, 0.25) is 0 Å².